The predicted octanol–water partition coefficient (Wildman–Crippen LogP) is 1.27. The third kappa shape index (κ3) is 1.92. The van der Waals surface area contributed by atoms with Crippen molar-refractivity contribution in [2.24, 2.45) is 0 Å². The summed E-state index contributed by atoms with van der Waals surface area (Å²) in [6.07, 6.45) is 1.19. The van der Waals surface area contributed by atoms with Crippen LogP contribution in [0.1, 0.15) is 17.5 Å². The highest BCUT2D eigenvalue weighted by Gasteiger charge is 2.12. The third-order valence-corrected chi connectivity index (χ3v) is 2.44. The highest BCUT2D eigenvalue weighted by Crippen LogP contribution is 2.11. The molecule has 1 heterocycles. The molecule has 1 aliphatic rings. The molecule has 0 atom stereocenters. The van der Waals surface area contributed by atoms with Crippen LogP contribution in [0.5, 0.6) is 0 Å². The quantitative estimate of drug-likeness (QED) is 0.757. The number of rotatable bonds is 2. The zero-order valence-electron chi connectivity index (χ0n) is 8.03. The van der Waals surface area contributed by atoms with Crippen LogP contribution in [0.4, 0.5) is 0 Å². The van der Waals surface area contributed by atoms with Crippen molar-refractivity contribution in [3.8, 4) is 6.07 Å². The summed E-state index contributed by atoms with van der Waals surface area (Å²) >= 11 is 0. The zero-order valence-corrected chi connectivity index (χ0v) is 8.03. The Balaban J connectivity index is 2.11. The van der Waals surface area contributed by atoms with Gasteiger partial charge in [-0.15, -0.1) is 0 Å². The van der Waals surface area contributed by atoms with Crippen LogP contribution in [-0.4, -0.2) is 18.1 Å². The van der Waals surface area contributed by atoms with Gasteiger partial charge in [-0.2, -0.15) is 5.26 Å². The van der Waals surface area contributed by atoms with Crippen molar-refractivity contribution in [2.75, 3.05) is 13.1 Å². The molecular formula is C11H13N3. The number of benzene rings is 1. The van der Waals surface area contributed by atoms with E-state index in [9.17, 15) is 0 Å². The summed E-state index contributed by atoms with van der Waals surface area (Å²) in [5.41, 5.74) is 5.16. The van der Waals surface area contributed by atoms with E-state index in [-0.39, 0.29) is 0 Å². The second-order valence-corrected chi connectivity index (χ2v) is 3.45. The molecule has 1 saturated heterocycles. The molecule has 0 saturated carbocycles. The molecule has 0 radical (unpaired) electrons. The molecule has 0 aliphatic carbocycles. The molecule has 2 rings (SSSR count). The maximum Gasteiger partial charge on any atom is 0.0995 e. The molecule has 1 fully saturated rings. The van der Waals surface area contributed by atoms with Gasteiger partial charge in [-0.3, -0.25) is 5.43 Å². The predicted molar refractivity (Wildman–Crippen MR) is 54.2 cm³/mol. The minimum absolute atomic E-state index is 0.779. The first-order valence-corrected chi connectivity index (χ1v) is 4.86. The van der Waals surface area contributed by atoms with Crippen LogP contribution < -0.4 is 5.43 Å². The van der Waals surface area contributed by atoms with Gasteiger partial charge in [-0.05, 0) is 18.1 Å². The van der Waals surface area contributed by atoms with E-state index < -0.39 is 0 Å². The van der Waals surface area contributed by atoms with Crippen molar-refractivity contribution >= 4 is 0 Å². The Bertz CT molecular complexity index is 348. The summed E-state index contributed by atoms with van der Waals surface area (Å²) in [6, 6.07) is 9.97. The second-order valence-electron chi connectivity index (χ2n) is 3.45. The summed E-state index contributed by atoms with van der Waals surface area (Å²) in [7, 11) is 0. The van der Waals surface area contributed by atoms with Crippen LogP contribution in [0.2, 0.25) is 0 Å². The highest BCUT2D eigenvalue weighted by atomic mass is 15.5. The van der Waals surface area contributed by atoms with E-state index in [2.05, 4.69) is 16.5 Å². The Kier molecular flexibility index (Phi) is 2.78. The number of nitrogens with zero attached hydrogens (tertiary/aromatic N) is 2. The molecule has 0 aromatic heterocycles. The molecule has 14 heavy (non-hydrogen) atoms. The van der Waals surface area contributed by atoms with Gasteiger partial charge in [0.15, 0.2) is 0 Å². The fourth-order valence-corrected chi connectivity index (χ4v) is 1.69. The summed E-state index contributed by atoms with van der Waals surface area (Å²) in [5.74, 6) is 0. The Labute approximate surface area is 83.9 Å². The van der Waals surface area contributed by atoms with Crippen LogP contribution in [0.15, 0.2) is 24.3 Å². The Morgan fingerprint density at radius 1 is 1.43 bits per heavy atom. The van der Waals surface area contributed by atoms with E-state index in [1.165, 1.54) is 6.42 Å². The lowest BCUT2D eigenvalue weighted by atomic mass is 10.1. The van der Waals surface area contributed by atoms with Crippen LogP contribution in [-0.2, 0) is 6.54 Å². The van der Waals surface area contributed by atoms with Crippen molar-refractivity contribution < 1.29 is 0 Å². The Hall–Kier alpha value is -1.37. The maximum atomic E-state index is 8.90. The van der Waals surface area contributed by atoms with Gasteiger partial charge in [0.25, 0.3) is 0 Å². The largest absolute Gasteiger partial charge is 0.255 e. The summed E-state index contributed by atoms with van der Waals surface area (Å²) in [5, 5.41) is 11.1. The smallest absolute Gasteiger partial charge is 0.0995 e. The van der Waals surface area contributed by atoms with Crippen molar-refractivity contribution in [3.05, 3.63) is 35.4 Å². The van der Waals surface area contributed by atoms with E-state index in [4.69, 9.17) is 5.26 Å². The van der Waals surface area contributed by atoms with Crippen molar-refractivity contribution in [1.29, 1.82) is 5.26 Å². The van der Waals surface area contributed by atoms with E-state index in [0.717, 1.165) is 30.8 Å². The first kappa shape index (κ1) is 9.20. The van der Waals surface area contributed by atoms with Gasteiger partial charge in [0.1, 0.15) is 0 Å². The van der Waals surface area contributed by atoms with Gasteiger partial charge in [-0.25, -0.2) is 5.01 Å². The van der Waals surface area contributed by atoms with Gasteiger partial charge in [0.05, 0.1) is 11.6 Å². The van der Waals surface area contributed by atoms with Crippen LogP contribution in [0.25, 0.3) is 0 Å². The highest BCUT2D eigenvalue weighted by molar-refractivity contribution is 5.37. The summed E-state index contributed by atoms with van der Waals surface area (Å²) in [4.78, 5) is 0. The van der Waals surface area contributed by atoms with Crippen LogP contribution in [0.3, 0.4) is 0 Å². The number of nitrogens with one attached hydrogen (secondary N) is 1. The first-order valence-electron chi connectivity index (χ1n) is 4.86. The van der Waals surface area contributed by atoms with Crippen molar-refractivity contribution in [3.63, 3.8) is 0 Å². The molecule has 0 bridgehead atoms. The fraction of sp³-hybridized carbons (Fsp3) is 0.364. The number of hydrogen-bond donors (Lipinski definition) is 1. The van der Waals surface area contributed by atoms with Crippen molar-refractivity contribution in [1.82, 2.24) is 10.4 Å². The van der Waals surface area contributed by atoms with Gasteiger partial charge < -0.3 is 0 Å². The monoisotopic (exact) mass is 187 g/mol. The molecule has 1 aliphatic heterocycles. The fourth-order valence-electron chi connectivity index (χ4n) is 1.69. The minimum atomic E-state index is 0.779. The van der Waals surface area contributed by atoms with Crippen LogP contribution in [0, 0.1) is 11.3 Å². The molecule has 0 unspecified atom stereocenters. The lowest BCUT2D eigenvalue weighted by Crippen LogP contribution is -2.30. The number of nitriles is 1. The molecule has 0 amide bonds. The normalized spacial score (nSPS) is 16.8. The van der Waals surface area contributed by atoms with E-state index in [0.29, 0.717) is 0 Å². The second kappa shape index (κ2) is 4.23. The van der Waals surface area contributed by atoms with E-state index in [1.807, 2.05) is 24.3 Å². The lowest BCUT2D eigenvalue weighted by Gasteiger charge is -2.15. The van der Waals surface area contributed by atoms with Gasteiger partial charge in [0, 0.05) is 19.6 Å². The average Bonchev–Trinajstić information content (AvgIpc) is 2.71. The molecule has 1 aromatic rings. The molecule has 3 nitrogen and oxygen atoms in total. The SMILES string of the molecule is N#Cc1ccccc1CN1CCCN1. The van der Waals surface area contributed by atoms with E-state index >= 15 is 0 Å². The van der Waals surface area contributed by atoms with Crippen molar-refractivity contribution in [2.45, 2.75) is 13.0 Å². The lowest BCUT2D eigenvalue weighted by molar-refractivity contribution is 0.244. The maximum absolute atomic E-state index is 8.90. The molecule has 72 valence electrons. The standard InChI is InChI=1S/C11H13N3/c12-8-10-4-1-2-5-11(10)9-14-7-3-6-13-14/h1-2,4-5,13H,3,6-7,9H2. The molecule has 1 aromatic carbocycles. The molecule has 0 spiro atoms. The first-order chi connectivity index (χ1) is 6.90. The Morgan fingerprint density at radius 3 is 3.00 bits per heavy atom. The molecular weight excluding hydrogens is 174 g/mol. The third-order valence-electron chi connectivity index (χ3n) is 2.44. The zero-order chi connectivity index (χ0) is 9.80. The summed E-state index contributed by atoms with van der Waals surface area (Å²) < 4.78 is 0. The minimum Gasteiger partial charge on any atom is -0.255 e. The summed E-state index contributed by atoms with van der Waals surface area (Å²) in [6.45, 7) is 2.94. The van der Waals surface area contributed by atoms with Gasteiger partial charge in [-0.1, -0.05) is 18.2 Å². The van der Waals surface area contributed by atoms with E-state index in [1.54, 1.807) is 0 Å². The van der Waals surface area contributed by atoms with Crippen LogP contribution >= 0.6 is 0 Å². The van der Waals surface area contributed by atoms with Gasteiger partial charge >= 0.3 is 0 Å². The number of hydrazine groups is 1. The molecule has 3 heteroatoms. The average molecular weight is 187 g/mol. The molecule has 1 N–H and O–H groups in total. The number of hydrogen-bond acceptors (Lipinski definition) is 3. The topological polar surface area (TPSA) is 39.1 Å². The van der Waals surface area contributed by atoms with Gasteiger partial charge in [0.2, 0.25) is 0 Å². The Morgan fingerprint density at radius 2 is 2.29 bits per heavy atom.